The second-order valence-electron chi connectivity index (χ2n) is 8.59. The number of piperidine rings is 2. The molecule has 3 saturated heterocycles. The average Bonchev–Trinajstić information content (AvgIpc) is 2.73. The van der Waals surface area contributed by atoms with Gasteiger partial charge in [0.2, 0.25) is 10.0 Å². The first-order valence-electron chi connectivity index (χ1n) is 10.6. The summed E-state index contributed by atoms with van der Waals surface area (Å²) in [6.07, 6.45) is 3.02. The van der Waals surface area contributed by atoms with Gasteiger partial charge in [-0.1, -0.05) is 12.5 Å². The molecule has 3 aliphatic heterocycles. The maximum Gasteiger partial charge on any atom is 0.407 e. The molecule has 3 atom stereocenters. The van der Waals surface area contributed by atoms with E-state index < -0.39 is 16.1 Å². The molecule has 3 aliphatic rings. The lowest BCUT2D eigenvalue weighted by atomic mass is 9.91. The van der Waals surface area contributed by atoms with E-state index in [2.05, 4.69) is 5.32 Å². The molecule has 0 aromatic heterocycles. The van der Waals surface area contributed by atoms with E-state index in [1.54, 1.807) is 21.3 Å². The van der Waals surface area contributed by atoms with Crippen molar-refractivity contribution in [2.45, 2.75) is 56.5 Å². The first-order chi connectivity index (χ1) is 14.3. The molecule has 1 unspecified atom stereocenters. The van der Waals surface area contributed by atoms with Crippen molar-refractivity contribution in [3.8, 4) is 0 Å². The first kappa shape index (κ1) is 21.1. The van der Waals surface area contributed by atoms with Crippen LogP contribution in [-0.2, 0) is 14.8 Å². The molecule has 0 bridgehead atoms. The molecule has 0 radical (unpaired) electrons. The highest BCUT2D eigenvalue weighted by Crippen LogP contribution is 2.28. The van der Waals surface area contributed by atoms with Gasteiger partial charge in [0.15, 0.2) is 0 Å². The van der Waals surface area contributed by atoms with E-state index in [0.717, 1.165) is 31.2 Å². The van der Waals surface area contributed by atoms with Crippen molar-refractivity contribution in [1.82, 2.24) is 14.5 Å². The van der Waals surface area contributed by atoms with Crippen LogP contribution in [0, 0.1) is 12.8 Å². The minimum atomic E-state index is -3.65. The topological polar surface area (TPSA) is 96.0 Å². The number of aryl methyl sites for hydroxylation is 1. The van der Waals surface area contributed by atoms with Crippen molar-refractivity contribution < 1.29 is 22.7 Å². The number of rotatable bonds is 3. The van der Waals surface area contributed by atoms with E-state index in [9.17, 15) is 18.0 Å². The molecule has 30 heavy (non-hydrogen) atoms. The van der Waals surface area contributed by atoms with Crippen LogP contribution in [0.2, 0.25) is 0 Å². The van der Waals surface area contributed by atoms with Crippen LogP contribution < -0.4 is 5.32 Å². The molecule has 0 aliphatic carbocycles. The monoisotopic (exact) mass is 435 g/mol. The number of amides is 2. The number of nitrogens with one attached hydrogen (secondary N) is 1. The number of ether oxygens (including phenoxy) is 1. The lowest BCUT2D eigenvalue weighted by Gasteiger charge is -2.41. The Morgan fingerprint density at radius 1 is 1.20 bits per heavy atom. The van der Waals surface area contributed by atoms with Crippen LogP contribution in [0.3, 0.4) is 0 Å². The number of fused-ring (bicyclic) bond motifs is 1. The number of hydrogen-bond acceptors (Lipinski definition) is 5. The highest BCUT2D eigenvalue weighted by Gasteiger charge is 2.37. The molecule has 0 saturated carbocycles. The van der Waals surface area contributed by atoms with Gasteiger partial charge in [0, 0.05) is 37.2 Å². The molecule has 0 spiro atoms. The van der Waals surface area contributed by atoms with Gasteiger partial charge in [-0.05, 0) is 50.8 Å². The fraction of sp³-hybridized carbons (Fsp3) is 0.619. The van der Waals surface area contributed by atoms with E-state index in [1.807, 2.05) is 13.8 Å². The fourth-order valence-corrected chi connectivity index (χ4v) is 6.38. The number of sulfonamides is 1. The fourth-order valence-electron chi connectivity index (χ4n) is 4.65. The molecular formula is C21H29N3O5S. The molecule has 9 heteroatoms. The minimum absolute atomic E-state index is 0.0413. The van der Waals surface area contributed by atoms with Gasteiger partial charge < -0.3 is 15.0 Å². The predicted octanol–water partition coefficient (Wildman–Crippen LogP) is 2.13. The number of benzene rings is 1. The van der Waals surface area contributed by atoms with E-state index >= 15 is 0 Å². The normalized spacial score (nSPS) is 27.7. The summed E-state index contributed by atoms with van der Waals surface area (Å²) in [5.74, 6) is -0.00409. The Morgan fingerprint density at radius 2 is 2.00 bits per heavy atom. The number of likely N-dealkylation sites (tertiary alicyclic amines) is 1. The number of carbonyl (C=O) groups excluding carboxylic acids is 2. The minimum Gasteiger partial charge on any atom is -0.449 e. The summed E-state index contributed by atoms with van der Waals surface area (Å²) in [4.78, 5) is 26.7. The number of alkyl carbamates (subject to hydrolysis) is 1. The summed E-state index contributed by atoms with van der Waals surface area (Å²) in [6, 6.07) is 4.64. The maximum atomic E-state index is 13.3. The Bertz CT molecular complexity index is 948. The molecule has 8 nitrogen and oxygen atoms in total. The molecule has 1 N–H and O–H groups in total. The smallest absolute Gasteiger partial charge is 0.407 e. The summed E-state index contributed by atoms with van der Waals surface area (Å²) < 4.78 is 33.0. The van der Waals surface area contributed by atoms with Crippen molar-refractivity contribution >= 4 is 22.0 Å². The zero-order chi connectivity index (χ0) is 21.5. The molecular weight excluding hydrogens is 406 g/mol. The quantitative estimate of drug-likeness (QED) is 0.785. The molecule has 3 heterocycles. The maximum absolute atomic E-state index is 13.3. The second kappa shape index (κ2) is 8.19. The van der Waals surface area contributed by atoms with Gasteiger partial charge >= 0.3 is 6.09 Å². The molecule has 3 fully saturated rings. The zero-order valence-electron chi connectivity index (χ0n) is 17.5. The summed E-state index contributed by atoms with van der Waals surface area (Å²) in [5, 5.41) is 2.80. The van der Waals surface area contributed by atoms with Crippen LogP contribution in [-0.4, -0.2) is 67.9 Å². The average molecular weight is 436 g/mol. The molecule has 4 rings (SSSR count). The van der Waals surface area contributed by atoms with Crippen LogP contribution >= 0.6 is 0 Å². The van der Waals surface area contributed by atoms with Crippen LogP contribution in [0.5, 0.6) is 0 Å². The molecule has 1 aromatic carbocycles. The lowest BCUT2D eigenvalue weighted by molar-refractivity contribution is 0.0336. The van der Waals surface area contributed by atoms with E-state index in [0.29, 0.717) is 31.8 Å². The van der Waals surface area contributed by atoms with Gasteiger partial charge in [-0.15, -0.1) is 0 Å². The number of hydrogen-bond donors (Lipinski definition) is 1. The van der Waals surface area contributed by atoms with Crippen molar-refractivity contribution in [2.75, 3.05) is 26.2 Å². The Morgan fingerprint density at radius 3 is 2.77 bits per heavy atom. The van der Waals surface area contributed by atoms with Crippen LogP contribution in [0.25, 0.3) is 0 Å². The van der Waals surface area contributed by atoms with Crippen molar-refractivity contribution in [2.24, 2.45) is 5.92 Å². The largest absolute Gasteiger partial charge is 0.449 e. The van der Waals surface area contributed by atoms with Gasteiger partial charge in [-0.25, -0.2) is 13.2 Å². The Balaban J connectivity index is 1.57. The van der Waals surface area contributed by atoms with Crippen LogP contribution in [0.15, 0.2) is 23.1 Å². The summed E-state index contributed by atoms with van der Waals surface area (Å²) in [7, 11) is -3.65. The number of cyclic esters (lactones) is 1. The number of nitrogens with zero attached hydrogens (tertiary/aromatic N) is 2. The highest BCUT2D eigenvalue weighted by molar-refractivity contribution is 7.89. The molecule has 1 aromatic rings. The van der Waals surface area contributed by atoms with Crippen molar-refractivity contribution in [3.05, 3.63) is 29.3 Å². The number of carbonyl (C=O) groups is 2. The SMILES string of the molecule is Cc1ccc(S(=O)(=O)N2CCCCC2C)cc1C(=O)N1CC[C@@H]2COC(=O)N[C@H]2C1. The van der Waals surface area contributed by atoms with Gasteiger partial charge in [-0.3, -0.25) is 4.79 Å². The zero-order valence-corrected chi connectivity index (χ0v) is 18.3. The van der Waals surface area contributed by atoms with E-state index in [1.165, 1.54) is 6.07 Å². The van der Waals surface area contributed by atoms with Gasteiger partial charge in [0.05, 0.1) is 17.5 Å². The lowest BCUT2D eigenvalue weighted by Crippen LogP contribution is -2.58. The van der Waals surface area contributed by atoms with E-state index in [4.69, 9.17) is 4.74 Å². The van der Waals surface area contributed by atoms with Crippen molar-refractivity contribution in [1.29, 1.82) is 0 Å². The third-order valence-corrected chi connectivity index (χ3v) is 8.57. The van der Waals surface area contributed by atoms with Crippen LogP contribution in [0.1, 0.15) is 48.5 Å². The van der Waals surface area contributed by atoms with Gasteiger partial charge in [-0.2, -0.15) is 4.31 Å². The third kappa shape index (κ3) is 3.92. The van der Waals surface area contributed by atoms with Crippen molar-refractivity contribution in [3.63, 3.8) is 0 Å². The Labute approximate surface area is 177 Å². The third-order valence-electron chi connectivity index (χ3n) is 6.56. The predicted molar refractivity (Wildman–Crippen MR) is 111 cm³/mol. The highest BCUT2D eigenvalue weighted by atomic mass is 32.2. The van der Waals surface area contributed by atoms with E-state index in [-0.39, 0.29) is 28.8 Å². The molecule has 164 valence electrons. The Kier molecular flexibility index (Phi) is 5.76. The standard InChI is InChI=1S/C21H29N3O5S/c1-14-6-7-17(30(27,28)24-9-4-3-5-15(24)2)11-18(14)20(25)23-10-8-16-13-29-21(26)22-19(16)12-23/h6-7,11,15-16,19H,3-5,8-10,12-13H2,1-2H3,(H,22,26)/t15?,16-,19+/m1/s1. The first-order valence-corrected chi connectivity index (χ1v) is 12.1. The van der Waals surface area contributed by atoms with Crippen LogP contribution in [0.4, 0.5) is 4.79 Å². The summed E-state index contributed by atoms with van der Waals surface area (Å²) in [5.41, 5.74) is 1.14. The second-order valence-corrected chi connectivity index (χ2v) is 10.5. The molecule has 2 amide bonds. The Hall–Kier alpha value is -2.13. The van der Waals surface area contributed by atoms with Gasteiger partial charge in [0.25, 0.3) is 5.91 Å². The van der Waals surface area contributed by atoms with Gasteiger partial charge in [0.1, 0.15) is 0 Å². The summed E-state index contributed by atoms with van der Waals surface area (Å²) in [6.45, 7) is 5.59. The summed E-state index contributed by atoms with van der Waals surface area (Å²) >= 11 is 0.